The van der Waals surface area contributed by atoms with E-state index in [1.165, 1.54) is 0 Å². The molecule has 1 aliphatic carbocycles. The summed E-state index contributed by atoms with van der Waals surface area (Å²) in [5, 5.41) is 12.8. The minimum atomic E-state index is -5.29. The van der Waals surface area contributed by atoms with E-state index < -0.39 is 23.8 Å². The molecule has 0 spiro atoms. The molecular formula is C14H9Cl2F3N4O3. The van der Waals surface area contributed by atoms with Gasteiger partial charge in [-0.2, -0.15) is 13.2 Å². The number of aromatic amines is 1. The normalized spacial score (nSPS) is 14.2. The van der Waals surface area contributed by atoms with Gasteiger partial charge in [-0.05, 0) is 36.1 Å². The molecule has 0 saturated heterocycles. The molecule has 1 heterocycles. The number of rotatable bonds is 3. The summed E-state index contributed by atoms with van der Waals surface area (Å²) in [7, 11) is 0. The molecule has 1 aromatic heterocycles. The SMILES string of the molecule is O=C(OC(=O)C(F)(F)F)c1[nH]nnc1NC1Cc2cc(Cl)c(Cl)cc2C1. The highest BCUT2D eigenvalue weighted by Gasteiger charge is 2.43. The van der Waals surface area contributed by atoms with E-state index in [2.05, 4.69) is 25.5 Å². The molecule has 0 fully saturated rings. The maximum atomic E-state index is 12.2. The van der Waals surface area contributed by atoms with Crippen molar-refractivity contribution in [1.29, 1.82) is 0 Å². The topological polar surface area (TPSA) is 97.0 Å². The number of fused-ring (bicyclic) bond motifs is 1. The van der Waals surface area contributed by atoms with Crippen molar-refractivity contribution in [3.63, 3.8) is 0 Å². The van der Waals surface area contributed by atoms with Crippen LogP contribution in [0.2, 0.25) is 10.0 Å². The van der Waals surface area contributed by atoms with Crippen LogP contribution in [0.5, 0.6) is 0 Å². The maximum Gasteiger partial charge on any atom is 0.491 e. The first-order valence-electron chi connectivity index (χ1n) is 7.13. The van der Waals surface area contributed by atoms with Crippen molar-refractivity contribution in [1.82, 2.24) is 15.4 Å². The quantitative estimate of drug-likeness (QED) is 0.598. The van der Waals surface area contributed by atoms with Gasteiger partial charge >= 0.3 is 18.1 Å². The van der Waals surface area contributed by atoms with Gasteiger partial charge in [-0.3, -0.25) is 0 Å². The average molecular weight is 409 g/mol. The second kappa shape index (κ2) is 6.76. The number of carbonyl (C=O) groups excluding carboxylic acids is 2. The number of nitrogens with one attached hydrogen (secondary N) is 2. The molecule has 7 nitrogen and oxygen atoms in total. The first-order chi connectivity index (χ1) is 12.1. The minimum Gasteiger partial charge on any atom is -0.381 e. The minimum absolute atomic E-state index is 0.125. The molecule has 0 saturated carbocycles. The zero-order chi connectivity index (χ0) is 19.1. The largest absolute Gasteiger partial charge is 0.491 e. The van der Waals surface area contributed by atoms with Crippen LogP contribution < -0.4 is 5.32 Å². The summed E-state index contributed by atoms with van der Waals surface area (Å²) in [5.41, 5.74) is 1.39. The number of halogens is 5. The van der Waals surface area contributed by atoms with E-state index in [0.717, 1.165) is 11.1 Å². The Labute approximate surface area is 153 Å². The Morgan fingerprint density at radius 2 is 1.77 bits per heavy atom. The second-order valence-corrected chi connectivity index (χ2v) is 6.31. The molecule has 2 aromatic rings. The average Bonchev–Trinajstić information content (AvgIpc) is 3.13. The number of carbonyl (C=O) groups is 2. The molecule has 0 atom stereocenters. The van der Waals surface area contributed by atoms with E-state index in [9.17, 15) is 22.8 Å². The molecular weight excluding hydrogens is 400 g/mol. The summed E-state index contributed by atoms with van der Waals surface area (Å²) in [6, 6.07) is 3.22. The van der Waals surface area contributed by atoms with Crippen molar-refractivity contribution < 1.29 is 27.5 Å². The first kappa shape index (κ1) is 18.5. The molecule has 12 heteroatoms. The monoisotopic (exact) mass is 408 g/mol. The van der Waals surface area contributed by atoms with Gasteiger partial charge in [-0.1, -0.05) is 28.4 Å². The molecule has 1 aliphatic rings. The van der Waals surface area contributed by atoms with Crippen LogP contribution in [0.3, 0.4) is 0 Å². The third-order valence-electron chi connectivity index (χ3n) is 3.69. The summed E-state index contributed by atoms with van der Waals surface area (Å²) >= 11 is 11.9. The van der Waals surface area contributed by atoms with Crippen molar-refractivity contribution in [3.05, 3.63) is 39.0 Å². The Morgan fingerprint density at radius 1 is 1.19 bits per heavy atom. The lowest BCUT2D eigenvalue weighted by Crippen LogP contribution is -2.29. The fraction of sp³-hybridized carbons (Fsp3) is 0.286. The third-order valence-corrected chi connectivity index (χ3v) is 4.41. The number of hydrogen-bond acceptors (Lipinski definition) is 6. The van der Waals surface area contributed by atoms with Crippen molar-refractivity contribution in [3.8, 4) is 0 Å². The van der Waals surface area contributed by atoms with Gasteiger partial charge in [-0.25, -0.2) is 14.7 Å². The Hall–Kier alpha value is -2.33. The van der Waals surface area contributed by atoms with E-state index in [0.29, 0.717) is 22.9 Å². The number of ether oxygens (including phenoxy) is 1. The number of alkyl halides is 3. The van der Waals surface area contributed by atoms with Gasteiger partial charge in [0.15, 0.2) is 11.5 Å². The fourth-order valence-electron chi connectivity index (χ4n) is 2.57. The van der Waals surface area contributed by atoms with E-state index in [4.69, 9.17) is 23.2 Å². The summed E-state index contributed by atoms with van der Waals surface area (Å²) in [4.78, 5) is 22.5. The van der Waals surface area contributed by atoms with E-state index in [-0.39, 0.29) is 11.9 Å². The van der Waals surface area contributed by atoms with Gasteiger partial charge in [-0.15, -0.1) is 5.10 Å². The number of H-pyrrole nitrogens is 1. The van der Waals surface area contributed by atoms with Gasteiger partial charge in [0.2, 0.25) is 0 Å². The molecule has 0 bridgehead atoms. The Balaban J connectivity index is 1.70. The highest BCUT2D eigenvalue weighted by Crippen LogP contribution is 2.32. The van der Waals surface area contributed by atoms with Gasteiger partial charge in [0, 0.05) is 6.04 Å². The third kappa shape index (κ3) is 3.75. The molecule has 0 amide bonds. The predicted octanol–water partition coefficient (Wildman–Crippen LogP) is 2.94. The van der Waals surface area contributed by atoms with Gasteiger partial charge in [0.1, 0.15) is 0 Å². The summed E-state index contributed by atoms with van der Waals surface area (Å²) in [6.45, 7) is 0. The van der Waals surface area contributed by atoms with Crippen molar-refractivity contribution in [2.75, 3.05) is 5.32 Å². The van der Waals surface area contributed by atoms with Crippen LogP contribution in [-0.2, 0) is 22.4 Å². The van der Waals surface area contributed by atoms with Crippen LogP contribution in [0, 0.1) is 0 Å². The lowest BCUT2D eigenvalue weighted by molar-refractivity contribution is -0.193. The molecule has 0 unspecified atom stereocenters. The summed E-state index contributed by atoms with van der Waals surface area (Å²) < 4.78 is 40.3. The van der Waals surface area contributed by atoms with Crippen LogP contribution in [0.1, 0.15) is 21.6 Å². The standard InChI is InChI=1S/C14H9Cl2F3N4O3/c15-8-3-5-1-7(2-6(5)4-9(8)16)20-11-10(21-23-22-11)12(24)26-13(25)14(17,18)19/h3-4,7H,1-2H2,(H2,20,21,22,23). The second-order valence-electron chi connectivity index (χ2n) is 5.49. The van der Waals surface area contributed by atoms with E-state index >= 15 is 0 Å². The van der Waals surface area contributed by atoms with Crippen LogP contribution >= 0.6 is 23.2 Å². The molecule has 2 N–H and O–H groups in total. The number of nitrogens with zero attached hydrogens (tertiary/aromatic N) is 2. The lowest BCUT2D eigenvalue weighted by atomic mass is 10.1. The fourth-order valence-corrected chi connectivity index (χ4v) is 2.94. The van der Waals surface area contributed by atoms with Gasteiger partial charge in [0.05, 0.1) is 10.0 Å². The molecule has 138 valence electrons. The summed E-state index contributed by atoms with van der Waals surface area (Å²) in [5.74, 6) is -4.29. The zero-order valence-corrected chi connectivity index (χ0v) is 14.2. The highest BCUT2D eigenvalue weighted by molar-refractivity contribution is 6.42. The van der Waals surface area contributed by atoms with E-state index in [1.54, 1.807) is 12.1 Å². The maximum absolute atomic E-state index is 12.2. The Kier molecular flexibility index (Phi) is 4.80. The number of esters is 2. The van der Waals surface area contributed by atoms with Crippen LogP contribution in [0.4, 0.5) is 19.0 Å². The predicted molar refractivity (Wildman–Crippen MR) is 84.1 cm³/mol. The molecule has 3 rings (SSSR count). The molecule has 26 heavy (non-hydrogen) atoms. The van der Waals surface area contributed by atoms with Crippen LogP contribution in [-0.4, -0.2) is 39.6 Å². The van der Waals surface area contributed by atoms with Crippen LogP contribution in [0.25, 0.3) is 0 Å². The van der Waals surface area contributed by atoms with Gasteiger partial charge in [0.25, 0.3) is 0 Å². The van der Waals surface area contributed by atoms with Crippen molar-refractivity contribution in [2.24, 2.45) is 0 Å². The number of aromatic nitrogens is 3. The van der Waals surface area contributed by atoms with E-state index in [1.807, 2.05) is 0 Å². The van der Waals surface area contributed by atoms with Gasteiger partial charge < -0.3 is 10.1 Å². The smallest absolute Gasteiger partial charge is 0.381 e. The number of benzene rings is 1. The van der Waals surface area contributed by atoms with Crippen LogP contribution in [0.15, 0.2) is 12.1 Å². The molecule has 0 aliphatic heterocycles. The Bertz CT molecular complexity index is 854. The molecule has 0 radical (unpaired) electrons. The highest BCUT2D eigenvalue weighted by atomic mass is 35.5. The number of hydrogen-bond donors (Lipinski definition) is 2. The Morgan fingerprint density at radius 3 is 2.31 bits per heavy atom. The zero-order valence-electron chi connectivity index (χ0n) is 12.7. The summed E-state index contributed by atoms with van der Waals surface area (Å²) in [6.07, 6.45) is -4.24. The van der Waals surface area contributed by atoms with Crippen molar-refractivity contribution >= 4 is 41.0 Å². The van der Waals surface area contributed by atoms with Crippen molar-refractivity contribution in [2.45, 2.75) is 25.1 Å². The lowest BCUT2D eigenvalue weighted by Gasteiger charge is -2.11. The first-order valence-corrected chi connectivity index (χ1v) is 7.88. The molecule has 1 aromatic carbocycles. The number of anilines is 1.